The van der Waals surface area contributed by atoms with Crippen LogP contribution < -0.4 is 5.32 Å². The highest BCUT2D eigenvalue weighted by molar-refractivity contribution is 7.99. The minimum atomic E-state index is -0.330. The Morgan fingerprint density at radius 1 is 1.18 bits per heavy atom. The molecule has 28 heavy (non-hydrogen) atoms. The lowest BCUT2D eigenvalue weighted by Crippen LogP contribution is -2.57. The number of hydrogen-bond donors (Lipinski definition) is 1. The van der Waals surface area contributed by atoms with Crippen molar-refractivity contribution < 1.29 is 14.4 Å². The fraction of sp³-hybridized carbons (Fsp3) is 0.300. The second-order valence-corrected chi connectivity index (χ2v) is 7.81. The summed E-state index contributed by atoms with van der Waals surface area (Å²) in [6.45, 7) is 0.898. The monoisotopic (exact) mass is 396 g/mol. The number of aromatic nitrogens is 1. The van der Waals surface area contributed by atoms with Crippen LogP contribution in [-0.2, 0) is 22.7 Å². The van der Waals surface area contributed by atoms with Crippen LogP contribution >= 0.6 is 11.8 Å². The fourth-order valence-electron chi connectivity index (χ4n) is 3.34. The van der Waals surface area contributed by atoms with Crippen LogP contribution in [0.1, 0.15) is 21.5 Å². The summed E-state index contributed by atoms with van der Waals surface area (Å²) in [7, 11) is 0. The third-order valence-corrected chi connectivity index (χ3v) is 5.90. The molecule has 2 fully saturated rings. The minimum absolute atomic E-state index is 0.000926. The topological polar surface area (TPSA) is 82.6 Å². The van der Waals surface area contributed by atoms with Gasteiger partial charge in [0.05, 0.1) is 5.88 Å². The van der Waals surface area contributed by atoms with E-state index >= 15 is 0 Å². The Balaban J connectivity index is 1.36. The molecular formula is C20H20N4O3S. The lowest BCUT2D eigenvalue weighted by Gasteiger charge is -2.35. The maximum Gasteiger partial charge on any atom is 0.251 e. The molecular weight excluding hydrogens is 376 g/mol. The van der Waals surface area contributed by atoms with Gasteiger partial charge in [0.2, 0.25) is 11.8 Å². The van der Waals surface area contributed by atoms with Gasteiger partial charge in [0.25, 0.3) is 5.91 Å². The maximum absolute atomic E-state index is 12.6. The molecule has 1 aromatic carbocycles. The van der Waals surface area contributed by atoms with Crippen molar-refractivity contribution in [1.29, 1.82) is 0 Å². The van der Waals surface area contributed by atoms with E-state index in [4.69, 9.17) is 0 Å². The highest BCUT2D eigenvalue weighted by atomic mass is 32.2. The molecule has 2 aliphatic heterocycles. The second kappa shape index (κ2) is 8.02. The predicted molar refractivity (Wildman–Crippen MR) is 105 cm³/mol. The fourth-order valence-corrected chi connectivity index (χ4v) is 4.51. The summed E-state index contributed by atoms with van der Waals surface area (Å²) < 4.78 is 0. The molecule has 3 amide bonds. The van der Waals surface area contributed by atoms with Crippen LogP contribution in [0.5, 0.6) is 0 Å². The smallest absolute Gasteiger partial charge is 0.251 e. The Bertz CT molecular complexity index is 888. The van der Waals surface area contributed by atoms with Gasteiger partial charge < -0.3 is 15.1 Å². The van der Waals surface area contributed by atoms with E-state index < -0.39 is 0 Å². The normalized spacial score (nSPS) is 18.9. The summed E-state index contributed by atoms with van der Waals surface area (Å²) in [5.74, 6) is 1.10. The van der Waals surface area contributed by atoms with Gasteiger partial charge in [0.1, 0.15) is 12.6 Å². The van der Waals surface area contributed by atoms with Crippen molar-refractivity contribution in [2.45, 2.75) is 19.1 Å². The second-order valence-electron chi connectivity index (χ2n) is 6.81. The summed E-state index contributed by atoms with van der Waals surface area (Å²) in [4.78, 5) is 44.4. The number of rotatable bonds is 5. The van der Waals surface area contributed by atoms with Gasteiger partial charge in [-0.25, -0.2) is 0 Å². The van der Waals surface area contributed by atoms with Crippen molar-refractivity contribution in [2.75, 3.05) is 18.2 Å². The third kappa shape index (κ3) is 3.87. The van der Waals surface area contributed by atoms with Crippen LogP contribution in [0.4, 0.5) is 0 Å². The maximum atomic E-state index is 12.6. The molecule has 1 aromatic heterocycles. The summed E-state index contributed by atoms with van der Waals surface area (Å²) >= 11 is 1.61. The number of piperazine rings is 1. The summed E-state index contributed by atoms with van der Waals surface area (Å²) in [5.41, 5.74) is 2.37. The van der Waals surface area contributed by atoms with Crippen molar-refractivity contribution in [3.05, 3.63) is 65.5 Å². The van der Waals surface area contributed by atoms with E-state index in [9.17, 15) is 14.4 Å². The van der Waals surface area contributed by atoms with Crippen LogP contribution in [-0.4, -0.2) is 56.7 Å². The van der Waals surface area contributed by atoms with E-state index in [-0.39, 0.29) is 30.3 Å². The zero-order valence-corrected chi connectivity index (χ0v) is 16.0. The number of benzene rings is 1. The van der Waals surface area contributed by atoms with Gasteiger partial charge in [0.15, 0.2) is 0 Å². The molecule has 0 saturated carbocycles. The van der Waals surface area contributed by atoms with Crippen molar-refractivity contribution in [3.8, 4) is 0 Å². The largest absolute Gasteiger partial charge is 0.348 e. The lowest BCUT2D eigenvalue weighted by molar-refractivity contribution is -0.153. The number of carbonyl (C=O) groups is 3. The number of nitrogens with zero attached hydrogens (tertiary/aromatic N) is 3. The molecule has 144 valence electrons. The lowest BCUT2D eigenvalue weighted by atomic mass is 10.1. The molecule has 3 heterocycles. The molecule has 4 rings (SSSR count). The minimum Gasteiger partial charge on any atom is -0.348 e. The number of hydrogen-bond acceptors (Lipinski definition) is 5. The summed E-state index contributed by atoms with van der Waals surface area (Å²) in [6.07, 6.45) is 3.40. The van der Waals surface area contributed by atoms with E-state index in [1.165, 1.54) is 0 Å². The number of pyridine rings is 1. The molecule has 1 atom stereocenters. The van der Waals surface area contributed by atoms with Crippen molar-refractivity contribution in [3.63, 3.8) is 0 Å². The number of thioether (sulfide) groups is 1. The Morgan fingerprint density at radius 2 is 2.00 bits per heavy atom. The van der Waals surface area contributed by atoms with Gasteiger partial charge in [-0.15, -0.1) is 11.8 Å². The van der Waals surface area contributed by atoms with E-state index in [0.717, 1.165) is 11.1 Å². The van der Waals surface area contributed by atoms with E-state index in [0.29, 0.717) is 30.3 Å². The first-order valence-corrected chi connectivity index (χ1v) is 10.2. The molecule has 1 unspecified atom stereocenters. The molecule has 0 aliphatic carbocycles. The molecule has 2 saturated heterocycles. The Morgan fingerprint density at radius 3 is 2.75 bits per heavy atom. The number of fused-ring (bicyclic) bond motifs is 1. The van der Waals surface area contributed by atoms with E-state index in [2.05, 4.69) is 10.3 Å². The molecule has 0 spiro atoms. The highest BCUT2D eigenvalue weighted by Crippen LogP contribution is 2.26. The Kier molecular flexibility index (Phi) is 5.29. The highest BCUT2D eigenvalue weighted by Gasteiger charge is 2.42. The van der Waals surface area contributed by atoms with Crippen LogP contribution in [0.15, 0.2) is 48.8 Å². The van der Waals surface area contributed by atoms with Crippen LogP contribution in [0.25, 0.3) is 0 Å². The number of carbonyl (C=O) groups excluding carboxylic acids is 3. The van der Waals surface area contributed by atoms with Crippen LogP contribution in [0.3, 0.4) is 0 Å². The average molecular weight is 396 g/mol. The summed E-state index contributed by atoms with van der Waals surface area (Å²) in [5, 5.41) is 2.86. The van der Waals surface area contributed by atoms with Gasteiger partial charge in [-0.3, -0.25) is 19.4 Å². The summed E-state index contributed by atoms with van der Waals surface area (Å²) in [6, 6.07) is 10.5. The molecule has 0 radical (unpaired) electrons. The standard InChI is InChI=1S/C20H20N4O3S/c25-18-11-23(20(27)17-12-28-13-24(17)18)10-14-3-5-16(6-4-14)19(26)22-9-15-2-1-7-21-8-15/h1-8,17H,9-13H2,(H,22,26). The quantitative estimate of drug-likeness (QED) is 0.823. The molecule has 0 bridgehead atoms. The van der Waals surface area contributed by atoms with E-state index in [1.54, 1.807) is 46.1 Å². The van der Waals surface area contributed by atoms with Gasteiger partial charge in [0, 0.05) is 36.8 Å². The van der Waals surface area contributed by atoms with Crippen molar-refractivity contribution in [1.82, 2.24) is 20.1 Å². The van der Waals surface area contributed by atoms with Gasteiger partial charge in [-0.05, 0) is 29.3 Å². The number of nitrogens with one attached hydrogen (secondary N) is 1. The van der Waals surface area contributed by atoms with Crippen LogP contribution in [0, 0.1) is 0 Å². The molecule has 2 aromatic rings. The van der Waals surface area contributed by atoms with Crippen LogP contribution in [0.2, 0.25) is 0 Å². The van der Waals surface area contributed by atoms with Gasteiger partial charge >= 0.3 is 0 Å². The molecule has 8 heteroatoms. The Hall–Kier alpha value is -2.87. The third-order valence-electron chi connectivity index (χ3n) is 4.89. The average Bonchev–Trinajstić information content (AvgIpc) is 3.22. The molecule has 7 nitrogen and oxygen atoms in total. The first kappa shape index (κ1) is 18.5. The van der Waals surface area contributed by atoms with Crippen molar-refractivity contribution >= 4 is 29.5 Å². The first-order chi connectivity index (χ1) is 13.6. The zero-order valence-electron chi connectivity index (χ0n) is 15.2. The van der Waals surface area contributed by atoms with Gasteiger partial charge in [-0.2, -0.15) is 0 Å². The SMILES string of the molecule is O=C(NCc1cccnc1)c1ccc(CN2CC(=O)N3CSCC3C2=O)cc1. The van der Waals surface area contributed by atoms with Gasteiger partial charge in [-0.1, -0.05) is 18.2 Å². The zero-order chi connectivity index (χ0) is 19.5. The predicted octanol–water partition coefficient (Wildman–Crippen LogP) is 1.26. The molecule has 2 aliphatic rings. The number of amides is 3. The van der Waals surface area contributed by atoms with E-state index in [1.807, 2.05) is 24.3 Å². The Labute approximate surface area is 167 Å². The molecule has 1 N–H and O–H groups in total. The van der Waals surface area contributed by atoms with Crippen molar-refractivity contribution in [2.24, 2.45) is 0 Å². The first-order valence-electron chi connectivity index (χ1n) is 9.04.